The average Bonchev–Trinajstić information content (AvgIpc) is 3.03. The zero-order valence-corrected chi connectivity index (χ0v) is 15.1. The maximum atomic E-state index is 12.1. The summed E-state index contributed by atoms with van der Waals surface area (Å²) in [4.78, 5) is 11.9. The molecule has 3 N–H and O–H groups in total. The highest BCUT2D eigenvalue weighted by molar-refractivity contribution is 7.94. The van der Waals surface area contributed by atoms with Crippen molar-refractivity contribution in [3.8, 4) is 0 Å². The zero-order chi connectivity index (χ0) is 17.8. The summed E-state index contributed by atoms with van der Waals surface area (Å²) in [5, 5.41) is 13.6. The van der Waals surface area contributed by atoms with Crippen molar-refractivity contribution < 1.29 is 18.3 Å². The molecule has 0 atom stereocenters. The third-order valence-electron chi connectivity index (χ3n) is 3.20. The van der Waals surface area contributed by atoms with Crippen molar-refractivity contribution >= 4 is 33.0 Å². The summed E-state index contributed by atoms with van der Waals surface area (Å²) in [6.45, 7) is 3.31. The summed E-state index contributed by atoms with van der Waals surface area (Å²) in [5.74, 6) is -0.207. The number of sulfonamides is 1. The van der Waals surface area contributed by atoms with Gasteiger partial charge in [0.25, 0.3) is 10.0 Å². The Kier molecular flexibility index (Phi) is 5.63. The van der Waals surface area contributed by atoms with Crippen molar-refractivity contribution in [2.75, 3.05) is 11.3 Å². The highest BCUT2D eigenvalue weighted by atomic mass is 32.2. The lowest BCUT2D eigenvalue weighted by molar-refractivity contribution is -0.122. The second-order valence-corrected chi connectivity index (χ2v) is 8.86. The Morgan fingerprint density at radius 3 is 2.42 bits per heavy atom. The average molecular weight is 368 g/mol. The molecule has 0 spiro atoms. The fourth-order valence-electron chi connectivity index (χ4n) is 1.96. The van der Waals surface area contributed by atoms with E-state index >= 15 is 0 Å². The number of anilines is 1. The van der Waals surface area contributed by atoms with E-state index in [4.69, 9.17) is 5.11 Å². The van der Waals surface area contributed by atoms with Crippen LogP contribution in [0.25, 0.3) is 0 Å². The van der Waals surface area contributed by atoms with Crippen LogP contribution in [0.4, 0.5) is 5.69 Å². The number of hydrogen-bond acceptors (Lipinski definition) is 5. The molecule has 1 heterocycles. The lowest BCUT2D eigenvalue weighted by Crippen LogP contribution is -2.46. The predicted molar refractivity (Wildman–Crippen MR) is 94.6 cm³/mol. The Balaban J connectivity index is 2.00. The van der Waals surface area contributed by atoms with Gasteiger partial charge in [0.1, 0.15) is 4.21 Å². The number of amides is 1. The van der Waals surface area contributed by atoms with Crippen molar-refractivity contribution in [2.24, 2.45) is 0 Å². The fourth-order valence-corrected chi connectivity index (χ4v) is 4.01. The van der Waals surface area contributed by atoms with Gasteiger partial charge in [-0.2, -0.15) is 0 Å². The summed E-state index contributed by atoms with van der Waals surface area (Å²) in [7, 11) is -3.57. The number of aliphatic hydroxyl groups excluding tert-OH is 1. The lowest BCUT2D eigenvalue weighted by Gasteiger charge is -2.23. The Labute approximate surface area is 145 Å². The lowest BCUT2D eigenvalue weighted by atomic mass is 10.1. The molecule has 0 saturated carbocycles. The van der Waals surface area contributed by atoms with E-state index in [1.54, 1.807) is 49.6 Å². The second kappa shape index (κ2) is 7.33. The maximum absolute atomic E-state index is 12.1. The standard InChI is InChI=1S/C16H20N2O4S2/c1-16(2,11-19)17-14(20)10-12-5-7-13(8-6-12)18-24(21,22)15-4-3-9-23-15/h3-9,18-19H,10-11H2,1-2H3,(H,17,20). The molecular formula is C16H20N2O4S2. The number of thiophene rings is 1. The number of carbonyl (C=O) groups is 1. The molecule has 1 aromatic carbocycles. The number of rotatable bonds is 7. The van der Waals surface area contributed by atoms with E-state index in [1.165, 1.54) is 6.07 Å². The Morgan fingerprint density at radius 1 is 1.21 bits per heavy atom. The first-order valence-electron chi connectivity index (χ1n) is 7.29. The van der Waals surface area contributed by atoms with E-state index in [-0.39, 0.29) is 23.1 Å². The molecule has 0 aliphatic rings. The number of aliphatic hydroxyl groups is 1. The molecule has 0 radical (unpaired) electrons. The van der Waals surface area contributed by atoms with Crippen molar-refractivity contribution in [2.45, 2.75) is 30.0 Å². The SMILES string of the molecule is CC(C)(CO)NC(=O)Cc1ccc(NS(=O)(=O)c2cccs2)cc1. The van der Waals surface area contributed by atoms with Crippen molar-refractivity contribution in [3.05, 3.63) is 47.3 Å². The quantitative estimate of drug-likeness (QED) is 0.696. The Bertz CT molecular complexity index is 782. The summed E-state index contributed by atoms with van der Waals surface area (Å²) in [5.41, 5.74) is 0.511. The van der Waals surface area contributed by atoms with Crippen LogP contribution in [0.3, 0.4) is 0 Å². The molecule has 130 valence electrons. The third kappa shape index (κ3) is 5.05. The van der Waals surface area contributed by atoms with Crippen LogP contribution in [0.5, 0.6) is 0 Å². The predicted octanol–water partition coefficient (Wildman–Crippen LogP) is 1.98. The van der Waals surface area contributed by atoms with Crippen LogP contribution in [0, 0.1) is 0 Å². The van der Waals surface area contributed by atoms with Gasteiger partial charge in [-0.15, -0.1) is 11.3 Å². The minimum atomic E-state index is -3.57. The van der Waals surface area contributed by atoms with Gasteiger partial charge < -0.3 is 10.4 Å². The minimum absolute atomic E-state index is 0.151. The molecular weight excluding hydrogens is 348 g/mol. The van der Waals surface area contributed by atoms with Gasteiger partial charge in [0, 0.05) is 5.69 Å². The van der Waals surface area contributed by atoms with Crippen molar-refractivity contribution in [1.82, 2.24) is 5.32 Å². The van der Waals surface area contributed by atoms with Gasteiger partial charge in [-0.25, -0.2) is 8.42 Å². The molecule has 1 aromatic heterocycles. The van der Waals surface area contributed by atoms with Crippen molar-refractivity contribution in [1.29, 1.82) is 0 Å². The molecule has 8 heteroatoms. The molecule has 24 heavy (non-hydrogen) atoms. The largest absolute Gasteiger partial charge is 0.394 e. The first-order chi connectivity index (χ1) is 11.2. The molecule has 2 aromatic rings. The van der Waals surface area contributed by atoms with Gasteiger partial charge in [0.2, 0.25) is 5.91 Å². The first-order valence-corrected chi connectivity index (χ1v) is 9.65. The highest BCUT2D eigenvalue weighted by Gasteiger charge is 2.19. The van der Waals surface area contributed by atoms with Gasteiger partial charge in [0.15, 0.2) is 0 Å². The summed E-state index contributed by atoms with van der Waals surface area (Å²) in [6, 6.07) is 9.83. The molecule has 2 rings (SSSR count). The molecule has 0 aliphatic carbocycles. The van der Waals surface area contributed by atoms with E-state index in [1.807, 2.05) is 0 Å². The van der Waals surface area contributed by atoms with Crippen LogP contribution < -0.4 is 10.0 Å². The maximum Gasteiger partial charge on any atom is 0.271 e. The Morgan fingerprint density at radius 2 is 1.88 bits per heavy atom. The molecule has 0 saturated heterocycles. The first kappa shape index (κ1) is 18.4. The van der Waals surface area contributed by atoms with E-state index in [9.17, 15) is 13.2 Å². The molecule has 0 bridgehead atoms. The van der Waals surface area contributed by atoms with Crippen LogP contribution in [0.1, 0.15) is 19.4 Å². The molecule has 6 nitrogen and oxygen atoms in total. The van der Waals surface area contributed by atoms with Crippen LogP contribution in [-0.2, 0) is 21.2 Å². The van der Waals surface area contributed by atoms with Crippen LogP contribution >= 0.6 is 11.3 Å². The van der Waals surface area contributed by atoms with E-state index < -0.39 is 15.6 Å². The van der Waals surface area contributed by atoms with E-state index in [0.29, 0.717) is 5.69 Å². The van der Waals surface area contributed by atoms with E-state index in [2.05, 4.69) is 10.0 Å². The van der Waals surface area contributed by atoms with Crippen LogP contribution in [0.15, 0.2) is 46.0 Å². The number of hydrogen-bond donors (Lipinski definition) is 3. The molecule has 0 unspecified atom stereocenters. The van der Waals surface area contributed by atoms with Gasteiger partial charge in [0.05, 0.1) is 18.6 Å². The topological polar surface area (TPSA) is 95.5 Å². The summed E-state index contributed by atoms with van der Waals surface area (Å²) < 4.78 is 27.0. The van der Waals surface area contributed by atoms with Crippen molar-refractivity contribution in [3.63, 3.8) is 0 Å². The van der Waals surface area contributed by atoms with E-state index in [0.717, 1.165) is 16.9 Å². The normalized spacial score (nSPS) is 12.0. The smallest absolute Gasteiger partial charge is 0.271 e. The summed E-state index contributed by atoms with van der Waals surface area (Å²) >= 11 is 1.14. The Hall–Kier alpha value is -1.90. The molecule has 1 amide bonds. The molecule has 0 fully saturated rings. The van der Waals surface area contributed by atoms with Crippen LogP contribution in [0.2, 0.25) is 0 Å². The number of benzene rings is 1. The van der Waals surface area contributed by atoms with Gasteiger partial charge >= 0.3 is 0 Å². The number of carbonyl (C=O) groups excluding carboxylic acids is 1. The minimum Gasteiger partial charge on any atom is -0.394 e. The van der Waals surface area contributed by atoms with Gasteiger partial charge in [-0.05, 0) is 43.0 Å². The third-order valence-corrected chi connectivity index (χ3v) is 5.98. The second-order valence-electron chi connectivity index (χ2n) is 6.00. The van der Waals surface area contributed by atoms with Gasteiger partial charge in [-0.1, -0.05) is 18.2 Å². The van der Waals surface area contributed by atoms with Gasteiger partial charge in [-0.3, -0.25) is 9.52 Å². The fraction of sp³-hybridized carbons (Fsp3) is 0.312. The number of nitrogens with one attached hydrogen (secondary N) is 2. The highest BCUT2D eigenvalue weighted by Crippen LogP contribution is 2.20. The molecule has 0 aliphatic heterocycles. The zero-order valence-electron chi connectivity index (χ0n) is 13.4. The van der Waals surface area contributed by atoms with Crippen LogP contribution in [-0.4, -0.2) is 31.6 Å². The summed E-state index contributed by atoms with van der Waals surface area (Å²) in [6.07, 6.45) is 0.154. The monoisotopic (exact) mass is 368 g/mol.